The fourth-order valence-corrected chi connectivity index (χ4v) is 2.91. The second kappa shape index (κ2) is 11.8. The molecule has 0 bridgehead atoms. The molecule has 0 aliphatic carbocycles. The number of nitrogens with two attached hydrogens (primary N) is 1. The monoisotopic (exact) mass is 399 g/mol. The molecule has 0 heterocycles. The number of benzene rings is 1. The first kappa shape index (κ1) is 22.3. The molecule has 2 amide bonds. The highest BCUT2D eigenvalue weighted by Crippen LogP contribution is 2.06. The van der Waals surface area contributed by atoms with E-state index in [1.807, 2.05) is 36.6 Å². The van der Waals surface area contributed by atoms with E-state index in [1.165, 1.54) is 0 Å². The maximum Gasteiger partial charge on any atom is 0.327 e. The highest BCUT2D eigenvalue weighted by molar-refractivity contribution is 7.98. The Hall–Kier alpha value is -1.71. The summed E-state index contributed by atoms with van der Waals surface area (Å²) in [7, 11) is 0. The van der Waals surface area contributed by atoms with Crippen molar-refractivity contribution in [2.24, 2.45) is 5.73 Å². The third kappa shape index (κ3) is 7.67. The van der Waals surface area contributed by atoms with Crippen LogP contribution in [0.5, 0.6) is 0 Å². The second-order valence-corrected chi connectivity index (χ2v) is 7.07. The number of hydrogen-bond donors (Lipinski definition) is 5. The Morgan fingerprint density at radius 3 is 2.31 bits per heavy atom. The topological polar surface area (TPSA) is 122 Å². The van der Waals surface area contributed by atoms with Crippen molar-refractivity contribution < 1.29 is 19.5 Å². The van der Waals surface area contributed by atoms with Gasteiger partial charge < -0.3 is 21.5 Å². The SMILES string of the molecule is CSCC[C@H](N)C(=O)N[C@@H](Cc1ccccc1)C(=O)N[C@@H](CS)C(=O)O. The number of nitrogens with one attached hydrogen (secondary N) is 2. The lowest BCUT2D eigenvalue weighted by molar-refractivity contribution is -0.141. The van der Waals surface area contributed by atoms with Crippen molar-refractivity contribution in [3.8, 4) is 0 Å². The number of carboxylic acid groups (broad SMARTS) is 1. The van der Waals surface area contributed by atoms with E-state index >= 15 is 0 Å². The number of carboxylic acids is 1. The minimum absolute atomic E-state index is 0.0552. The molecule has 5 N–H and O–H groups in total. The summed E-state index contributed by atoms with van der Waals surface area (Å²) in [5.74, 6) is -1.53. The minimum atomic E-state index is -1.19. The van der Waals surface area contributed by atoms with E-state index in [1.54, 1.807) is 11.8 Å². The number of thioether (sulfide) groups is 1. The van der Waals surface area contributed by atoms with Gasteiger partial charge in [-0.3, -0.25) is 9.59 Å². The van der Waals surface area contributed by atoms with Crippen LogP contribution in [0.15, 0.2) is 30.3 Å². The largest absolute Gasteiger partial charge is 0.480 e. The van der Waals surface area contributed by atoms with Crippen molar-refractivity contribution in [2.45, 2.75) is 31.0 Å². The summed E-state index contributed by atoms with van der Waals surface area (Å²) in [5.41, 5.74) is 6.69. The second-order valence-electron chi connectivity index (χ2n) is 5.72. The summed E-state index contributed by atoms with van der Waals surface area (Å²) in [6, 6.07) is 6.36. The Kier molecular flexibility index (Phi) is 10.2. The molecule has 0 radical (unpaired) electrons. The van der Waals surface area contributed by atoms with Crippen molar-refractivity contribution in [1.82, 2.24) is 10.6 Å². The van der Waals surface area contributed by atoms with E-state index in [2.05, 4.69) is 23.3 Å². The highest BCUT2D eigenvalue weighted by Gasteiger charge is 2.27. The zero-order valence-corrected chi connectivity index (χ0v) is 16.3. The predicted octanol–water partition coefficient (Wildman–Crippen LogP) is 0.294. The van der Waals surface area contributed by atoms with Crippen molar-refractivity contribution in [3.63, 3.8) is 0 Å². The van der Waals surface area contributed by atoms with Gasteiger partial charge in [0.2, 0.25) is 11.8 Å². The maximum absolute atomic E-state index is 12.5. The third-order valence-corrected chi connectivity index (χ3v) is 4.69. The zero-order chi connectivity index (χ0) is 19.5. The van der Waals surface area contributed by atoms with Crippen LogP contribution in [0.25, 0.3) is 0 Å². The smallest absolute Gasteiger partial charge is 0.327 e. The van der Waals surface area contributed by atoms with E-state index in [-0.39, 0.29) is 12.2 Å². The molecular formula is C17H25N3O4S2. The van der Waals surface area contributed by atoms with Gasteiger partial charge in [-0.1, -0.05) is 30.3 Å². The van der Waals surface area contributed by atoms with Gasteiger partial charge in [-0.2, -0.15) is 24.4 Å². The zero-order valence-electron chi connectivity index (χ0n) is 14.6. The van der Waals surface area contributed by atoms with Gasteiger partial charge in [0.25, 0.3) is 0 Å². The van der Waals surface area contributed by atoms with Crippen LogP contribution in [0.3, 0.4) is 0 Å². The molecule has 0 saturated heterocycles. The van der Waals surface area contributed by atoms with Crippen LogP contribution < -0.4 is 16.4 Å². The molecule has 0 spiro atoms. The van der Waals surface area contributed by atoms with E-state index in [0.29, 0.717) is 6.42 Å². The van der Waals surface area contributed by atoms with Crippen molar-refractivity contribution >= 4 is 42.2 Å². The van der Waals surface area contributed by atoms with Gasteiger partial charge in [-0.15, -0.1) is 0 Å². The summed E-state index contributed by atoms with van der Waals surface area (Å²) in [5, 5.41) is 14.1. The predicted molar refractivity (Wildman–Crippen MR) is 106 cm³/mol. The van der Waals surface area contributed by atoms with Crippen LogP contribution >= 0.6 is 24.4 Å². The Balaban J connectivity index is 2.85. The van der Waals surface area contributed by atoms with Gasteiger partial charge >= 0.3 is 5.97 Å². The summed E-state index contributed by atoms with van der Waals surface area (Å²) in [6.07, 6.45) is 2.63. The molecule has 0 unspecified atom stereocenters. The van der Waals surface area contributed by atoms with Crippen molar-refractivity contribution in [3.05, 3.63) is 35.9 Å². The average molecular weight is 400 g/mol. The van der Waals surface area contributed by atoms with Gasteiger partial charge in [0.05, 0.1) is 6.04 Å². The Morgan fingerprint density at radius 1 is 1.15 bits per heavy atom. The van der Waals surface area contributed by atoms with Crippen LogP contribution in [0, 0.1) is 0 Å². The summed E-state index contributed by atoms with van der Waals surface area (Å²) < 4.78 is 0. The van der Waals surface area contributed by atoms with Gasteiger partial charge in [-0.25, -0.2) is 4.79 Å². The van der Waals surface area contributed by atoms with Crippen LogP contribution in [-0.2, 0) is 20.8 Å². The number of amides is 2. The molecule has 0 aliphatic heterocycles. The molecule has 1 rings (SSSR count). The fraction of sp³-hybridized carbons (Fsp3) is 0.471. The lowest BCUT2D eigenvalue weighted by Gasteiger charge is -2.22. The number of aliphatic carboxylic acids is 1. The number of carbonyl (C=O) groups excluding carboxylic acids is 2. The van der Waals surface area contributed by atoms with Crippen LogP contribution in [0.1, 0.15) is 12.0 Å². The summed E-state index contributed by atoms with van der Waals surface area (Å²) in [4.78, 5) is 35.9. The molecule has 26 heavy (non-hydrogen) atoms. The molecule has 0 saturated carbocycles. The van der Waals surface area contributed by atoms with Gasteiger partial charge in [0.15, 0.2) is 0 Å². The fourth-order valence-electron chi connectivity index (χ4n) is 2.17. The van der Waals surface area contributed by atoms with Crippen LogP contribution in [-0.4, -0.2) is 58.8 Å². The summed E-state index contributed by atoms with van der Waals surface area (Å²) in [6.45, 7) is 0. The standard InChI is InChI=1S/C17H25N3O4S2/c1-26-8-7-12(18)15(21)19-13(9-11-5-3-2-4-6-11)16(22)20-14(10-25)17(23)24/h2-6,12-14,25H,7-10,18H2,1H3,(H,19,21)(H,20,22)(H,23,24)/t12-,13-,14-/m0/s1. The normalized spacial score (nSPS) is 14.1. The number of thiol groups is 1. The number of carbonyl (C=O) groups is 3. The molecule has 1 aromatic rings. The van der Waals surface area contributed by atoms with Crippen molar-refractivity contribution in [1.29, 1.82) is 0 Å². The Morgan fingerprint density at radius 2 is 1.77 bits per heavy atom. The van der Waals surface area contributed by atoms with Crippen LogP contribution in [0.2, 0.25) is 0 Å². The van der Waals surface area contributed by atoms with Gasteiger partial charge in [0, 0.05) is 12.2 Å². The first-order valence-corrected chi connectivity index (χ1v) is 10.1. The molecule has 9 heteroatoms. The van der Waals surface area contributed by atoms with Crippen molar-refractivity contribution in [2.75, 3.05) is 17.8 Å². The molecule has 3 atom stereocenters. The summed E-state index contributed by atoms with van der Waals surface area (Å²) >= 11 is 5.51. The van der Waals surface area contributed by atoms with E-state index in [0.717, 1.165) is 11.3 Å². The molecule has 0 aliphatic rings. The minimum Gasteiger partial charge on any atom is -0.480 e. The maximum atomic E-state index is 12.5. The molecule has 0 aromatic heterocycles. The van der Waals surface area contributed by atoms with Crippen LogP contribution in [0.4, 0.5) is 0 Å². The first-order valence-electron chi connectivity index (χ1n) is 8.11. The van der Waals surface area contributed by atoms with Gasteiger partial charge in [0.1, 0.15) is 12.1 Å². The number of hydrogen-bond acceptors (Lipinski definition) is 6. The Bertz CT molecular complexity index is 601. The molecule has 7 nitrogen and oxygen atoms in total. The first-order chi connectivity index (χ1) is 12.4. The highest BCUT2D eigenvalue weighted by atomic mass is 32.2. The molecule has 1 aromatic carbocycles. The van der Waals surface area contributed by atoms with E-state index < -0.39 is 35.9 Å². The quantitative estimate of drug-likeness (QED) is 0.341. The molecular weight excluding hydrogens is 374 g/mol. The number of rotatable bonds is 11. The molecule has 0 fully saturated rings. The van der Waals surface area contributed by atoms with E-state index in [9.17, 15) is 14.4 Å². The third-order valence-electron chi connectivity index (χ3n) is 3.68. The lowest BCUT2D eigenvalue weighted by atomic mass is 10.0. The van der Waals surface area contributed by atoms with Gasteiger partial charge in [-0.05, 0) is 24.0 Å². The molecule has 144 valence electrons. The van der Waals surface area contributed by atoms with E-state index in [4.69, 9.17) is 10.8 Å². The Labute approximate surface area is 162 Å². The average Bonchev–Trinajstić information content (AvgIpc) is 2.63. The lowest BCUT2D eigenvalue weighted by Crippen LogP contribution is -2.55.